The molecule has 27 heavy (non-hydrogen) atoms. The van der Waals surface area contributed by atoms with E-state index in [4.69, 9.17) is 14.2 Å². The fourth-order valence-electron chi connectivity index (χ4n) is 4.39. The van der Waals surface area contributed by atoms with Gasteiger partial charge in [0.25, 0.3) is 0 Å². The van der Waals surface area contributed by atoms with Crippen LogP contribution in [0.1, 0.15) is 59.8 Å². The summed E-state index contributed by atoms with van der Waals surface area (Å²) < 4.78 is 17.7. The van der Waals surface area contributed by atoms with Crippen molar-refractivity contribution in [2.45, 2.75) is 94.9 Å². The minimum atomic E-state index is -1.17. The summed E-state index contributed by atoms with van der Waals surface area (Å²) in [4.78, 5) is 25.0. The van der Waals surface area contributed by atoms with E-state index in [-0.39, 0.29) is 18.3 Å². The van der Waals surface area contributed by atoms with Crippen molar-refractivity contribution < 1.29 is 34.0 Å². The number of esters is 1. The zero-order valence-corrected chi connectivity index (χ0v) is 16.5. The Morgan fingerprint density at radius 3 is 2.56 bits per heavy atom. The first-order chi connectivity index (χ1) is 12.5. The summed E-state index contributed by atoms with van der Waals surface area (Å²) in [7, 11) is 0. The van der Waals surface area contributed by atoms with E-state index in [2.05, 4.69) is 0 Å². The molecule has 0 saturated carbocycles. The van der Waals surface area contributed by atoms with Gasteiger partial charge in [-0.3, -0.25) is 4.79 Å². The highest BCUT2D eigenvalue weighted by atomic mass is 16.7. The Bertz CT molecular complexity index is 655. The summed E-state index contributed by atoms with van der Waals surface area (Å²) in [5, 5.41) is 19.5. The second-order valence-corrected chi connectivity index (χ2v) is 8.76. The molecule has 2 N–H and O–H groups in total. The van der Waals surface area contributed by atoms with Crippen LogP contribution < -0.4 is 0 Å². The number of allylic oxidation sites excluding steroid dienone is 2. The van der Waals surface area contributed by atoms with E-state index in [1.807, 2.05) is 20.8 Å². The second kappa shape index (κ2) is 6.95. The van der Waals surface area contributed by atoms with E-state index >= 15 is 0 Å². The predicted molar refractivity (Wildman–Crippen MR) is 96.0 cm³/mol. The van der Waals surface area contributed by atoms with Gasteiger partial charge >= 0.3 is 5.97 Å². The molecule has 3 heterocycles. The highest BCUT2D eigenvalue weighted by molar-refractivity contribution is 5.97. The number of rotatable bonds is 5. The van der Waals surface area contributed by atoms with Gasteiger partial charge in [-0.05, 0) is 59.5 Å². The summed E-state index contributed by atoms with van der Waals surface area (Å²) in [6.07, 6.45) is 1.77. The third-order valence-electron chi connectivity index (χ3n) is 6.13. The summed E-state index contributed by atoms with van der Waals surface area (Å²) >= 11 is 0. The Morgan fingerprint density at radius 1 is 1.26 bits per heavy atom. The number of fused-ring (bicyclic) bond motifs is 2. The van der Waals surface area contributed by atoms with Crippen LogP contribution in [0.25, 0.3) is 0 Å². The van der Waals surface area contributed by atoms with Gasteiger partial charge in [-0.25, -0.2) is 4.79 Å². The van der Waals surface area contributed by atoms with Crippen LogP contribution in [0.5, 0.6) is 0 Å². The molecule has 3 rings (SSSR count). The van der Waals surface area contributed by atoms with E-state index in [1.54, 1.807) is 6.92 Å². The number of aliphatic hydroxyl groups excluding tert-OH is 2. The average Bonchev–Trinajstić information content (AvgIpc) is 3.27. The van der Waals surface area contributed by atoms with Crippen LogP contribution in [-0.4, -0.2) is 63.7 Å². The minimum absolute atomic E-state index is 0.00703. The van der Waals surface area contributed by atoms with E-state index in [9.17, 15) is 19.8 Å². The molecular formula is C20H30O7. The van der Waals surface area contributed by atoms with Crippen LogP contribution in [-0.2, 0) is 23.8 Å². The van der Waals surface area contributed by atoms with Crippen molar-refractivity contribution in [3.05, 3.63) is 11.6 Å². The lowest BCUT2D eigenvalue weighted by Gasteiger charge is -2.51. The van der Waals surface area contributed by atoms with Gasteiger partial charge in [0.1, 0.15) is 17.8 Å². The molecule has 3 fully saturated rings. The molecule has 6 atom stereocenters. The normalized spacial score (nSPS) is 41.9. The summed E-state index contributed by atoms with van der Waals surface area (Å²) in [5.74, 6) is -0.648. The van der Waals surface area contributed by atoms with E-state index in [0.717, 1.165) is 5.57 Å². The van der Waals surface area contributed by atoms with Gasteiger partial charge in [0.05, 0.1) is 24.7 Å². The largest absolute Gasteiger partial charge is 0.457 e. The average molecular weight is 382 g/mol. The third kappa shape index (κ3) is 3.70. The number of ketones is 1. The number of aliphatic hydroxyl groups is 2. The van der Waals surface area contributed by atoms with Gasteiger partial charge in [-0.15, -0.1) is 0 Å². The molecule has 3 aliphatic heterocycles. The molecule has 0 aromatic carbocycles. The summed E-state index contributed by atoms with van der Waals surface area (Å²) in [6.45, 7) is 6.92. The molecule has 3 saturated heterocycles. The Morgan fingerprint density at radius 2 is 1.93 bits per heavy atom. The van der Waals surface area contributed by atoms with Gasteiger partial charge in [-0.2, -0.15) is 0 Å². The third-order valence-corrected chi connectivity index (χ3v) is 6.13. The Hall–Kier alpha value is -1.28. The molecule has 7 nitrogen and oxygen atoms in total. The lowest BCUT2D eigenvalue weighted by molar-refractivity contribution is -0.265. The fourth-order valence-corrected chi connectivity index (χ4v) is 4.39. The van der Waals surface area contributed by atoms with Crippen molar-refractivity contribution in [1.29, 1.82) is 0 Å². The van der Waals surface area contributed by atoms with Crippen molar-refractivity contribution in [2.24, 2.45) is 0 Å². The van der Waals surface area contributed by atoms with Crippen LogP contribution in [0.15, 0.2) is 11.6 Å². The van der Waals surface area contributed by atoms with Crippen molar-refractivity contribution in [2.75, 3.05) is 6.61 Å². The predicted octanol–water partition coefficient (Wildman–Crippen LogP) is 1.44. The highest BCUT2D eigenvalue weighted by Crippen LogP contribution is 2.50. The van der Waals surface area contributed by atoms with Gasteiger partial charge in [0, 0.05) is 0 Å². The summed E-state index contributed by atoms with van der Waals surface area (Å²) in [5.41, 5.74) is -1.97. The van der Waals surface area contributed by atoms with Crippen molar-refractivity contribution in [1.82, 2.24) is 0 Å². The molecule has 3 aliphatic rings. The van der Waals surface area contributed by atoms with Crippen LogP contribution in [0.4, 0.5) is 0 Å². The number of carbonyl (C=O) groups is 2. The first-order valence-electron chi connectivity index (χ1n) is 9.60. The number of carbonyl (C=O) groups excluding carboxylic acids is 2. The van der Waals surface area contributed by atoms with Crippen LogP contribution in [0.2, 0.25) is 0 Å². The van der Waals surface area contributed by atoms with E-state index in [1.165, 1.54) is 6.08 Å². The lowest BCUT2D eigenvalue weighted by Crippen LogP contribution is -2.61. The number of hydrogen-bond donors (Lipinski definition) is 2. The van der Waals surface area contributed by atoms with Gasteiger partial charge in [-0.1, -0.05) is 5.57 Å². The second-order valence-electron chi connectivity index (χ2n) is 8.76. The Kier molecular flexibility index (Phi) is 5.27. The van der Waals surface area contributed by atoms with Crippen molar-refractivity contribution in [3.63, 3.8) is 0 Å². The van der Waals surface area contributed by atoms with Crippen molar-refractivity contribution >= 4 is 11.8 Å². The highest BCUT2D eigenvalue weighted by Gasteiger charge is 2.67. The molecule has 0 aliphatic carbocycles. The van der Waals surface area contributed by atoms with Crippen molar-refractivity contribution in [3.8, 4) is 0 Å². The number of hydrogen-bond acceptors (Lipinski definition) is 7. The number of ether oxygens (including phenoxy) is 3. The molecule has 0 radical (unpaired) electrons. The van der Waals surface area contributed by atoms with Crippen LogP contribution >= 0.6 is 0 Å². The SMILES string of the molecule is CC(C)=CC(=O)C[C@@]12O[C@@H]1CC[C@]1(C)O[C@](C)(C(O)CO)CC[C@@H]1OC2=O. The standard InChI is InChI=1S/C20H30O7/c1-12(2)9-13(22)10-20-16(26-20)6-8-19(4)15(25-17(20)24)5-7-18(3,27-19)14(23)11-21/h9,14-16,21,23H,5-8,10-11H2,1-4H3/t14?,15-,16+,18-,19-,20+/m0/s1. The maximum Gasteiger partial charge on any atom is 0.342 e. The molecule has 0 aromatic rings. The van der Waals surface area contributed by atoms with Gasteiger partial charge in [0.2, 0.25) is 0 Å². The van der Waals surface area contributed by atoms with E-state index in [0.29, 0.717) is 25.7 Å². The maximum absolute atomic E-state index is 12.8. The first-order valence-corrected chi connectivity index (χ1v) is 9.60. The minimum Gasteiger partial charge on any atom is -0.457 e. The Labute approximate surface area is 159 Å². The summed E-state index contributed by atoms with van der Waals surface area (Å²) in [6, 6.07) is 0. The molecule has 152 valence electrons. The van der Waals surface area contributed by atoms with Crippen LogP contribution in [0, 0.1) is 0 Å². The molecule has 0 amide bonds. The van der Waals surface area contributed by atoms with Gasteiger partial charge in [0.15, 0.2) is 11.4 Å². The molecule has 1 unspecified atom stereocenters. The Balaban J connectivity index is 1.76. The molecule has 0 aromatic heterocycles. The topological polar surface area (TPSA) is 106 Å². The fraction of sp³-hybridized carbons (Fsp3) is 0.800. The molecule has 0 spiro atoms. The lowest BCUT2D eigenvalue weighted by atomic mass is 9.78. The van der Waals surface area contributed by atoms with Gasteiger partial charge < -0.3 is 24.4 Å². The zero-order valence-electron chi connectivity index (χ0n) is 16.5. The van der Waals surface area contributed by atoms with E-state index < -0.39 is 41.6 Å². The maximum atomic E-state index is 12.8. The molecule has 0 bridgehead atoms. The monoisotopic (exact) mass is 382 g/mol. The number of epoxide rings is 1. The molecule has 7 heteroatoms. The quantitative estimate of drug-likeness (QED) is 0.421. The first kappa shape index (κ1) is 20.5. The van der Waals surface area contributed by atoms with Crippen LogP contribution in [0.3, 0.4) is 0 Å². The molecular weight excluding hydrogens is 352 g/mol. The zero-order chi connectivity index (χ0) is 20.0. The smallest absolute Gasteiger partial charge is 0.342 e.